The van der Waals surface area contributed by atoms with Crippen LogP contribution in [0.5, 0.6) is 0 Å². The number of benzene rings is 1. The van der Waals surface area contributed by atoms with Crippen molar-refractivity contribution in [3.05, 3.63) is 35.5 Å². The van der Waals surface area contributed by atoms with Gasteiger partial charge in [0, 0.05) is 16.6 Å². The summed E-state index contributed by atoms with van der Waals surface area (Å²) in [6.07, 6.45) is 2.17. The van der Waals surface area contributed by atoms with Gasteiger partial charge in [-0.3, -0.25) is 0 Å². The van der Waals surface area contributed by atoms with Crippen LogP contribution in [-0.2, 0) is 6.42 Å². The summed E-state index contributed by atoms with van der Waals surface area (Å²) >= 11 is 0. The van der Waals surface area contributed by atoms with Gasteiger partial charge < -0.3 is 16.0 Å². The molecule has 0 aliphatic carbocycles. The number of H-pyrrole nitrogens is 1. The highest BCUT2D eigenvalue weighted by Crippen LogP contribution is 2.21. The molecule has 3 heteroatoms. The summed E-state index contributed by atoms with van der Waals surface area (Å²) in [6, 6.07) is 8.53. The Morgan fingerprint density at radius 2 is 2.11 bits per heavy atom. The summed E-state index contributed by atoms with van der Waals surface area (Å²) in [6.45, 7) is 7.27. The molecule has 0 spiro atoms. The molecule has 0 amide bonds. The Labute approximate surface area is 115 Å². The molecular formula is C16H25N3. The van der Waals surface area contributed by atoms with E-state index in [9.17, 15) is 0 Å². The molecule has 2 rings (SSSR count). The Bertz CT molecular complexity index is 516. The van der Waals surface area contributed by atoms with Gasteiger partial charge in [0.15, 0.2) is 0 Å². The number of nitrogens with one attached hydrogen (secondary N) is 2. The van der Waals surface area contributed by atoms with Crippen molar-refractivity contribution in [1.82, 2.24) is 10.3 Å². The number of aryl methyl sites for hydroxylation is 1. The highest BCUT2D eigenvalue weighted by atomic mass is 14.9. The highest BCUT2D eigenvalue weighted by molar-refractivity contribution is 5.84. The van der Waals surface area contributed by atoms with Crippen LogP contribution in [0.15, 0.2) is 24.3 Å². The number of fused-ring (bicyclic) bond motifs is 1. The Hall–Kier alpha value is -1.32. The van der Waals surface area contributed by atoms with Crippen LogP contribution < -0.4 is 11.1 Å². The minimum atomic E-state index is 0.661. The Kier molecular flexibility index (Phi) is 5.00. The molecule has 3 nitrogen and oxygen atoms in total. The first-order valence-corrected chi connectivity index (χ1v) is 7.19. The van der Waals surface area contributed by atoms with Gasteiger partial charge in [-0.2, -0.15) is 0 Å². The predicted molar refractivity (Wildman–Crippen MR) is 82.4 cm³/mol. The first-order chi connectivity index (χ1) is 9.22. The zero-order valence-corrected chi connectivity index (χ0v) is 12.0. The SMILES string of the molecule is Cc1[nH]c2ccccc2c1CCNCC(C)CCN. The third-order valence-corrected chi connectivity index (χ3v) is 3.73. The second-order valence-electron chi connectivity index (χ2n) is 5.41. The smallest absolute Gasteiger partial charge is 0.0458 e. The van der Waals surface area contributed by atoms with Gasteiger partial charge >= 0.3 is 0 Å². The lowest BCUT2D eigenvalue weighted by Crippen LogP contribution is -2.25. The maximum Gasteiger partial charge on any atom is 0.0458 e. The van der Waals surface area contributed by atoms with Crippen molar-refractivity contribution in [3.63, 3.8) is 0 Å². The summed E-state index contributed by atoms with van der Waals surface area (Å²) in [7, 11) is 0. The average molecular weight is 259 g/mol. The Morgan fingerprint density at radius 1 is 1.32 bits per heavy atom. The van der Waals surface area contributed by atoms with Crippen molar-refractivity contribution >= 4 is 10.9 Å². The monoisotopic (exact) mass is 259 g/mol. The van der Waals surface area contributed by atoms with E-state index in [1.54, 1.807) is 0 Å². The van der Waals surface area contributed by atoms with Crippen LogP contribution in [0.3, 0.4) is 0 Å². The van der Waals surface area contributed by atoms with Gasteiger partial charge in [-0.25, -0.2) is 0 Å². The molecule has 0 saturated carbocycles. The van der Waals surface area contributed by atoms with E-state index in [0.29, 0.717) is 5.92 Å². The Morgan fingerprint density at radius 3 is 2.89 bits per heavy atom. The fourth-order valence-electron chi connectivity index (χ4n) is 2.61. The van der Waals surface area contributed by atoms with Gasteiger partial charge in [0.2, 0.25) is 0 Å². The van der Waals surface area contributed by atoms with Crippen molar-refractivity contribution in [2.75, 3.05) is 19.6 Å². The molecular weight excluding hydrogens is 234 g/mol. The lowest BCUT2D eigenvalue weighted by atomic mass is 10.1. The van der Waals surface area contributed by atoms with E-state index < -0.39 is 0 Å². The second-order valence-corrected chi connectivity index (χ2v) is 5.41. The molecule has 0 aliphatic heterocycles. The molecule has 4 N–H and O–H groups in total. The number of aromatic amines is 1. The third kappa shape index (κ3) is 3.58. The van der Waals surface area contributed by atoms with Crippen LogP contribution in [0.4, 0.5) is 0 Å². The lowest BCUT2D eigenvalue weighted by molar-refractivity contribution is 0.489. The van der Waals surface area contributed by atoms with Gasteiger partial charge in [0.25, 0.3) is 0 Å². The van der Waals surface area contributed by atoms with Crippen molar-refractivity contribution in [1.29, 1.82) is 0 Å². The number of nitrogens with two attached hydrogens (primary N) is 1. The van der Waals surface area contributed by atoms with E-state index in [4.69, 9.17) is 5.73 Å². The standard InChI is InChI=1S/C16H25N3/c1-12(7-9-17)11-18-10-8-14-13(2)19-16-6-4-3-5-15(14)16/h3-6,12,18-19H,7-11,17H2,1-2H3. The predicted octanol–water partition coefficient (Wildman–Crippen LogP) is 2.59. The molecule has 1 aromatic heterocycles. The van der Waals surface area contributed by atoms with Gasteiger partial charge in [0.1, 0.15) is 0 Å². The molecule has 19 heavy (non-hydrogen) atoms. The van der Waals surface area contributed by atoms with Crippen molar-refractivity contribution < 1.29 is 0 Å². The normalized spacial score (nSPS) is 13.0. The number of rotatable bonds is 7. The van der Waals surface area contributed by atoms with Crippen LogP contribution in [-0.4, -0.2) is 24.6 Å². The van der Waals surface area contributed by atoms with E-state index in [-0.39, 0.29) is 0 Å². The summed E-state index contributed by atoms with van der Waals surface area (Å²) in [5.41, 5.74) is 9.53. The fraction of sp³-hybridized carbons (Fsp3) is 0.500. The van der Waals surface area contributed by atoms with E-state index >= 15 is 0 Å². The number of hydrogen-bond donors (Lipinski definition) is 3. The number of aromatic nitrogens is 1. The first kappa shape index (κ1) is 14.1. The van der Waals surface area contributed by atoms with Crippen LogP contribution in [0.2, 0.25) is 0 Å². The number of para-hydroxylation sites is 1. The largest absolute Gasteiger partial charge is 0.358 e. The molecule has 0 saturated heterocycles. The zero-order valence-electron chi connectivity index (χ0n) is 12.0. The molecule has 1 aromatic carbocycles. The van der Waals surface area contributed by atoms with E-state index in [0.717, 1.165) is 32.5 Å². The van der Waals surface area contributed by atoms with Crippen LogP contribution in [0.1, 0.15) is 24.6 Å². The third-order valence-electron chi connectivity index (χ3n) is 3.73. The quantitative estimate of drug-likeness (QED) is 0.669. The summed E-state index contributed by atoms with van der Waals surface area (Å²) in [4.78, 5) is 3.45. The highest BCUT2D eigenvalue weighted by Gasteiger charge is 2.07. The van der Waals surface area contributed by atoms with Crippen LogP contribution >= 0.6 is 0 Å². The molecule has 0 aliphatic rings. The first-order valence-electron chi connectivity index (χ1n) is 7.19. The van der Waals surface area contributed by atoms with Crippen molar-refractivity contribution in [2.45, 2.75) is 26.7 Å². The van der Waals surface area contributed by atoms with Crippen molar-refractivity contribution in [2.24, 2.45) is 11.7 Å². The molecule has 1 unspecified atom stereocenters. The van der Waals surface area contributed by atoms with Crippen LogP contribution in [0, 0.1) is 12.8 Å². The second kappa shape index (κ2) is 6.73. The van der Waals surface area contributed by atoms with Gasteiger partial charge in [-0.1, -0.05) is 25.1 Å². The maximum atomic E-state index is 5.56. The molecule has 1 atom stereocenters. The molecule has 0 radical (unpaired) electrons. The molecule has 0 bridgehead atoms. The van der Waals surface area contributed by atoms with Gasteiger partial charge in [-0.05, 0) is 56.9 Å². The fourth-order valence-corrected chi connectivity index (χ4v) is 2.61. The summed E-state index contributed by atoms with van der Waals surface area (Å²) < 4.78 is 0. The molecule has 104 valence electrons. The number of hydrogen-bond acceptors (Lipinski definition) is 2. The van der Waals surface area contributed by atoms with E-state index in [1.807, 2.05) is 0 Å². The average Bonchev–Trinajstić information content (AvgIpc) is 2.71. The van der Waals surface area contributed by atoms with E-state index in [1.165, 1.54) is 22.2 Å². The minimum Gasteiger partial charge on any atom is -0.358 e. The van der Waals surface area contributed by atoms with Gasteiger partial charge in [0.05, 0.1) is 0 Å². The molecule has 2 aromatic rings. The van der Waals surface area contributed by atoms with Gasteiger partial charge in [-0.15, -0.1) is 0 Å². The maximum absolute atomic E-state index is 5.56. The Balaban J connectivity index is 1.89. The zero-order chi connectivity index (χ0) is 13.7. The topological polar surface area (TPSA) is 53.8 Å². The molecule has 0 fully saturated rings. The van der Waals surface area contributed by atoms with Crippen LogP contribution in [0.25, 0.3) is 10.9 Å². The van der Waals surface area contributed by atoms with E-state index in [2.05, 4.69) is 48.4 Å². The van der Waals surface area contributed by atoms with Crippen molar-refractivity contribution in [3.8, 4) is 0 Å². The molecule has 1 heterocycles. The lowest BCUT2D eigenvalue weighted by Gasteiger charge is -2.11. The summed E-state index contributed by atoms with van der Waals surface area (Å²) in [5, 5.41) is 4.89. The minimum absolute atomic E-state index is 0.661. The summed E-state index contributed by atoms with van der Waals surface area (Å²) in [5.74, 6) is 0.661.